The zero-order valence-electron chi connectivity index (χ0n) is 11.7. The minimum Gasteiger partial charge on any atom is -0.443 e. The molecule has 0 saturated carbocycles. The molecule has 2 aromatic rings. The van der Waals surface area contributed by atoms with Crippen molar-refractivity contribution in [2.75, 3.05) is 0 Å². The molecule has 2 aromatic heterocycles. The van der Waals surface area contributed by atoms with E-state index >= 15 is 0 Å². The molecule has 0 aliphatic heterocycles. The summed E-state index contributed by atoms with van der Waals surface area (Å²) in [5.41, 5.74) is -1.50. The number of aromatic amines is 2. The molecule has 8 heteroatoms. The van der Waals surface area contributed by atoms with Crippen molar-refractivity contribution in [1.29, 1.82) is 0 Å². The predicted octanol–water partition coefficient (Wildman–Crippen LogP) is 0.268. The lowest BCUT2D eigenvalue weighted by Crippen LogP contribution is -2.25. The van der Waals surface area contributed by atoms with Gasteiger partial charge >= 0.3 is 11.7 Å². The van der Waals surface area contributed by atoms with Gasteiger partial charge in [0.25, 0.3) is 5.56 Å². The Morgan fingerprint density at radius 1 is 1.30 bits per heavy atom. The van der Waals surface area contributed by atoms with Crippen molar-refractivity contribution in [2.24, 2.45) is 5.41 Å². The summed E-state index contributed by atoms with van der Waals surface area (Å²) in [6.07, 6.45) is 0. The maximum absolute atomic E-state index is 11.7. The number of H-pyrrole nitrogens is 2. The quantitative estimate of drug-likeness (QED) is 0.767. The number of rotatable bonds is 2. The fourth-order valence-corrected chi connectivity index (χ4v) is 1.65. The number of carbonyl (C=O) groups is 1. The van der Waals surface area contributed by atoms with Crippen molar-refractivity contribution < 1.29 is 9.53 Å². The van der Waals surface area contributed by atoms with E-state index in [0.717, 1.165) is 0 Å². The molecule has 0 fully saturated rings. The molecule has 0 aromatic carbocycles. The van der Waals surface area contributed by atoms with E-state index in [9.17, 15) is 14.4 Å². The molecule has 0 unspecified atom stereocenters. The molecule has 108 valence electrons. The van der Waals surface area contributed by atoms with Crippen LogP contribution in [-0.4, -0.2) is 25.5 Å². The number of imidazole rings is 1. The largest absolute Gasteiger partial charge is 0.443 e. The molecule has 0 saturated heterocycles. The Kier molecular flexibility index (Phi) is 3.24. The number of carbonyl (C=O) groups excluding carboxylic acids is 1. The van der Waals surface area contributed by atoms with Crippen LogP contribution < -0.4 is 11.2 Å². The van der Waals surface area contributed by atoms with Crippen LogP contribution in [0, 0.1) is 12.3 Å². The molecular formula is C12H16N4O4. The van der Waals surface area contributed by atoms with E-state index in [-0.39, 0.29) is 23.9 Å². The highest BCUT2D eigenvalue weighted by atomic mass is 16.5. The number of hydrogen-bond donors (Lipinski definition) is 2. The van der Waals surface area contributed by atoms with E-state index in [2.05, 4.69) is 15.0 Å². The van der Waals surface area contributed by atoms with Gasteiger partial charge < -0.3 is 4.74 Å². The smallest absolute Gasteiger partial charge is 0.327 e. The number of nitrogens with zero attached hydrogens (tertiary/aromatic N) is 2. The number of ether oxygens (including phenoxy) is 1. The molecule has 0 aliphatic rings. The number of nitrogens with one attached hydrogen (secondary N) is 2. The first kappa shape index (κ1) is 14.0. The van der Waals surface area contributed by atoms with Crippen molar-refractivity contribution >= 4 is 17.1 Å². The molecule has 20 heavy (non-hydrogen) atoms. The Morgan fingerprint density at radius 2 is 1.95 bits per heavy atom. The van der Waals surface area contributed by atoms with Crippen molar-refractivity contribution in [3.63, 3.8) is 0 Å². The first-order chi connectivity index (χ1) is 9.20. The van der Waals surface area contributed by atoms with E-state index in [1.165, 1.54) is 4.57 Å². The van der Waals surface area contributed by atoms with Crippen LogP contribution in [0.25, 0.3) is 11.2 Å². The zero-order valence-corrected chi connectivity index (χ0v) is 11.7. The maximum atomic E-state index is 11.7. The standard InChI is InChI=1S/C12H16N4O4/c1-6-13-7-8(14-11(19)15-9(7)17)16(6)5-20-10(18)12(2,3)4/h5H2,1-4H3,(H2,14,15,17,19). The van der Waals surface area contributed by atoms with E-state index < -0.39 is 16.7 Å². The SMILES string of the molecule is Cc1nc2c(=O)[nH]c(=O)[nH]c2n1COC(=O)C(C)(C)C. The number of aromatic nitrogens is 4. The zero-order chi connectivity index (χ0) is 15.1. The highest BCUT2D eigenvalue weighted by Gasteiger charge is 2.23. The summed E-state index contributed by atoms with van der Waals surface area (Å²) in [6.45, 7) is 6.75. The lowest BCUT2D eigenvalue weighted by atomic mass is 9.98. The van der Waals surface area contributed by atoms with Crippen LogP contribution in [0.3, 0.4) is 0 Å². The topological polar surface area (TPSA) is 110 Å². The number of fused-ring (bicyclic) bond motifs is 1. The van der Waals surface area contributed by atoms with Gasteiger partial charge in [-0.15, -0.1) is 0 Å². The molecule has 0 aliphatic carbocycles. The normalized spacial score (nSPS) is 11.8. The van der Waals surface area contributed by atoms with E-state index in [1.807, 2.05) is 0 Å². The molecule has 0 spiro atoms. The Hall–Kier alpha value is -2.38. The monoisotopic (exact) mass is 280 g/mol. The van der Waals surface area contributed by atoms with Crippen LogP contribution in [0.2, 0.25) is 0 Å². The van der Waals surface area contributed by atoms with Gasteiger partial charge in [0, 0.05) is 0 Å². The summed E-state index contributed by atoms with van der Waals surface area (Å²) >= 11 is 0. The Labute approximate surface area is 113 Å². The number of aryl methyl sites for hydroxylation is 1. The maximum Gasteiger partial charge on any atom is 0.327 e. The van der Waals surface area contributed by atoms with Gasteiger partial charge in [0.2, 0.25) is 0 Å². The highest BCUT2D eigenvalue weighted by Crippen LogP contribution is 2.16. The van der Waals surface area contributed by atoms with Crippen LogP contribution in [-0.2, 0) is 16.3 Å². The first-order valence-corrected chi connectivity index (χ1v) is 6.07. The molecular weight excluding hydrogens is 264 g/mol. The number of hydrogen-bond acceptors (Lipinski definition) is 5. The molecule has 0 amide bonds. The molecule has 2 N–H and O–H groups in total. The second kappa shape index (κ2) is 4.62. The highest BCUT2D eigenvalue weighted by molar-refractivity contribution is 5.75. The van der Waals surface area contributed by atoms with Gasteiger partial charge in [-0.25, -0.2) is 9.78 Å². The van der Waals surface area contributed by atoms with Gasteiger partial charge in [-0.05, 0) is 27.7 Å². The van der Waals surface area contributed by atoms with Crippen molar-refractivity contribution in [2.45, 2.75) is 34.4 Å². The van der Waals surface area contributed by atoms with Crippen LogP contribution in [0.1, 0.15) is 26.6 Å². The Bertz CT molecular complexity index is 775. The van der Waals surface area contributed by atoms with Crippen LogP contribution >= 0.6 is 0 Å². The lowest BCUT2D eigenvalue weighted by Gasteiger charge is -2.17. The third-order valence-corrected chi connectivity index (χ3v) is 2.77. The van der Waals surface area contributed by atoms with Gasteiger partial charge in [0.1, 0.15) is 11.5 Å². The summed E-state index contributed by atoms with van der Waals surface area (Å²) in [5, 5.41) is 0. The summed E-state index contributed by atoms with van der Waals surface area (Å²) in [4.78, 5) is 43.3. The van der Waals surface area contributed by atoms with Gasteiger partial charge in [0.15, 0.2) is 12.2 Å². The molecule has 0 bridgehead atoms. The van der Waals surface area contributed by atoms with E-state index in [0.29, 0.717) is 5.82 Å². The lowest BCUT2D eigenvalue weighted by molar-refractivity contribution is -0.156. The minimum absolute atomic E-state index is 0.105. The fourth-order valence-electron chi connectivity index (χ4n) is 1.65. The van der Waals surface area contributed by atoms with Gasteiger partial charge in [-0.1, -0.05) is 0 Å². The van der Waals surface area contributed by atoms with E-state index in [1.54, 1.807) is 27.7 Å². The van der Waals surface area contributed by atoms with Crippen molar-refractivity contribution in [3.05, 3.63) is 26.7 Å². The van der Waals surface area contributed by atoms with Crippen molar-refractivity contribution in [3.8, 4) is 0 Å². The summed E-state index contributed by atoms with van der Waals surface area (Å²) in [5.74, 6) is 0.0833. The average molecular weight is 280 g/mol. The van der Waals surface area contributed by atoms with Gasteiger partial charge in [-0.2, -0.15) is 0 Å². The van der Waals surface area contributed by atoms with Crippen molar-refractivity contribution in [1.82, 2.24) is 19.5 Å². The van der Waals surface area contributed by atoms with Crippen LogP contribution in [0.15, 0.2) is 9.59 Å². The summed E-state index contributed by atoms with van der Waals surface area (Å²) in [6, 6.07) is 0. The minimum atomic E-state index is -0.634. The molecule has 0 radical (unpaired) electrons. The Balaban J connectivity index is 2.40. The summed E-state index contributed by atoms with van der Waals surface area (Å²) in [7, 11) is 0. The molecule has 2 rings (SSSR count). The third-order valence-electron chi connectivity index (χ3n) is 2.77. The van der Waals surface area contributed by atoms with E-state index in [4.69, 9.17) is 4.74 Å². The molecule has 8 nitrogen and oxygen atoms in total. The predicted molar refractivity (Wildman–Crippen MR) is 71.3 cm³/mol. The van der Waals surface area contributed by atoms with Crippen LogP contribution in [0.5, 0.6) is 0 Å². The molecule has 0 atom stereocenters. The Morgan fingerprint density at radius 3 is 2.55 bits per heavy atom. The van der Waals surface area contributed by atoms with Gasteiger partial charge in [0.05, 0.1) is 5.41 Å². The second-order valence-corrected chi connectivity index (χ2v) is 5.50. The van der Waals surface area contributed by atoms with Crippen LogP contribution in [0.4, 0.5) is 0 Å². The number of esters is 1. The summed E-state index contributed by atoms with van der Waals surface area (Å²) < 4.78 is 6.64. The first-order valence-electron chi connectivity index (χ1n) is 6.07. The third kappa shape index (κ3) is 2.49. The second-order valence-electron chi connectivity index (χ2n) is 5.50. The fraction of sp³-hybridized carbons (Fsp3) is 0.500. The average Bonchev–Trinajstić information content (AvgIpc) is 2.62. The van der Waals surface area contributed by atoms with Gasteiger partial charge in [-0.3, -0.25) is 24.1 Å². The molecule has 2 heterocycles.